The predicted octanol–water partition coefficient (Wildman–Crippen LogP) is 4.16. The van der Waals surface area contributed by atoms with Gasteiger partial charge in [0.1, 0.15) is 6.61 Å². The summed E-state index contributed by atoms with van der Waals surface area (Å²) in [5, 5.41) is 0. The van der Waals surface area contributed by atoms with Gasteiger partial charge in [0.25, 0.3) is 0 Å². The maximum Gasteiger partial charge on any atom is 0.191 e. The topological polar surface area (TPSA) is 68.4 Å². The van der Waals surface area contributed by atoms with Crippen LogP contribution in [0.3, 0.4) is 0 Å². The first-order valence-electron chi connectivity index (χ1n) is 9.58. The molecule has 0 radical (unpaired) electrons. The van der Waals surface area contributed by atoms with Gasteiger partial charge in [-0.3, -0.25) is 0 Å². The van der Waals surface area contributed by atoms with E-state index >= 15 is 0 Å². The molecule has 2 aromatic rings. The van der Waals surface area contributed by atoms with Crippen molar-refractivity contribution in [3.63, 3.8) is 0 Å². The van der Waals surface area contributed by atoms with Crippen molar-refractivity contribution in [2.24, 2.45) is 5.92 Å². The Bertz CT molecular complexity index is 820. The van der Waals surface area contributed by atoms with Gasteiger partial charge in [-0.1, -0.05) is 37.8 Å². The molecule has 6 heteroatoms. The fourth-order valence-corrected chi connectivity index (χ4v) is 4.51. The number of ether oxygens (including phenoxy) is 2. The number of hydrogen-bond acceptors (Lipinski definition) is 4. The quantitative estimate of drug-likeness (QED) is 0.652. The molecule has 1 atom stereocenters. The minimum absolute atomic E-state index is 0.210. The first-order valence-corrected chi connectivity index (χ1v) is 11.5. The maximum absolute atomic E-state index is 11.8. The number of benzene rings is 1. The summed E-state index contributed by atoms with van der Waals surface area (Å²) < 4.78 is 34.2. The van der Waals surface area contributed by atoms with Crippen LogP contribution in [0.4, 0.5) is 0 Å². The number of nitrogens with one attached hydrogen (secondary N) is 1. The first-order chi connectivity index (χ1) is 13.0. The number of sulfone groups is 1. The van der Waals surface area contributed by atoms with E-state index in [9.17, 15) is 8.42 Å². The molecule has 1 aliphatic carbocycles. The van der Waals surface area contributed by atoms with Crippen molar-refractivity contribution in [1.29, 1.82) is 0 Å². The Hall–Kier alpha value is -1.79. The molecule has 3 rings (SSSR count). The van der Waals surface area contributed by atoms with E-state index in [4.69, 9.17) is 9.47 Å². The van der Waals surface area contributed by atoms with Crippen LogP contribution in [0.5, 0.6) is 5.88 Å². The molecular weight excluding hydrogens is 362 g/mol. The van der Waals surface area contributed by atoms with Gasteiger partial charge in [0.05, 0.1) is 11.5 Å². The Balaban J connectivity index is 1.82. The zero-order chi connectivity index (χ0) is 19.3. The van der Waals surface area contributed by atoms with Gasteiger partial charge in [-0.25, -0.2) is 8.42 Å². The van der Waals surface area contributed by atoms with Crippen LogP contribution < -0.4 is 4.74 Å². The average Bonchev–Trinajstić information content (AvgIpc) is 3.31. The van der Waals surface area contributed by atoms with E-state index in [2.05, 4.69) is 11.1 Å². The number of methoxy groups -OCH3 is 1. The van der Waals surface area contributed by atoms with E-state index in [1.165, 1.54) is 31.9 Å². The summed E-state index contributed by atoms with van der Waals surface area (Å²) >= 11 is 0. The molecule has 1 fully saturated rings. The van der Waals surface area contributed by atoms with E-state index < -0.39 is 9.84 Å². The lowest BCUT2D eigenvalue weighted by Gasteiger charge is -2.20. The lowest BCUT2D eigenvalue weighted by molar-refractivity contribution is 0.144. The molecule has 0 saturated heterocycles. The van der Waals surface area contributed by atoms with Crippen LogP contribution in [-0.4, -0.2) is 40.0 Å². The fraction of sp³-hybridized carbons (Fsp3) is 0.524. The van der Waals surface area contributed by atoms with Gasteiger partial charge in [0.15, 0.2) is 15.7 Å². The van der Waals surface area contributed by atoms with Crippen LogP contribution in [0.2, 0.25) is 0 Å². The molecule has 0 amide bonds. The number of hydrogen-bond donors (Lipinski definition) is 1. The van der Waals surface area contributed by atoms with E-state index in [1.807, 2.05) is 18.2 Å². The number of rotatable bonds is 9. The van der Waals surface area contributed by atoms with Crippen molar-refractivity contribution >= 4 is 9.84 Å². The molecule has 1 saturated carbocycles. The molecule has 1 N–H and O–H groups in total. The summed E-state index contributed by atoms with van der Waals surface area (Å²) in [5.41, 5.74) is 2.25. The van der Waals surface area contributed by atoms with Crippen LogP contribution in [0.25, 0.3) is 0 Å². The summed E-state index contributed by atoms with van der Waals surface area (Å²) in [7, 11) is -1.53. The Kier molecular flexibility index (Phi) is 6.60. The minimum Gasteiger partial charge on any atom is -0.477 e. The number of aromatic nitrogens is 1. The third-order valence-corrected chi connectivity index (χ3v) is 6.49. The van der Waals surface area contributed by atoms with E-state index in [1.54, 1.807) is 19.2 Å². The normalized spacial score (nSPS) is 16.5. The summed E-state index contributed by atoms with van der Waals surface area (Å²) in [4.78, 5) is 3.76. The highest BCUT2D eigenvalue weighted by atomic mass is 32.2. The standard InChI is InChI=1S/C21H29NO4S/c1-25-13-14-26-21-12-11-20(22-21)19(15-16-5-3-4-6-16)17-7-9-18(10-8-17)27(2,23)24/h7-12,16,19,22H,3-6,13-15H2,1-2H3. The summed E-state index contributed by atoms with van der Waals surface area (Å²) in [6.07, 6.45) is 7.47. The summed E-state index contributed by atoms with van der Waals surface area (Å²) in [6, 6.07) is 11.4. The Morgan fingerprint density at radius 2 is 1.78 bits per heavy atom. The van der Waals surface area contributed by atoms with Crippen LogP contribution in [0, 0.1) is 5.92 Å². The van der Waals surface area contributed by atoms with Gasteiger partial charge in [0.2, 0.25) is 0 Å². The van der Waals surface area contributed by atoms with Crippen LogP contribution in [0.1, 0.15) is 49.3 Å². The smallest absolute Gasteiger partial charge is 0.191 e. The van der Waals surface area contributed by atoms with Crippen LogP contribution in [0.15, 0.2) is 41.3 Å². The third-order valence-electron chi connectivity index (χ3n) is 5.36. The SMILES string of the molecule is COCCOc1ccc(C(CC2CCCC2)c2ccc(S(C)(=O)=O)cc2)[nH]1. The third kappa shape index (κ3) is 5.36. The van der Waals surface area contributed by atoms with Gasteiger partial charge in [-0.2, -0.15) is 0 Å². The molecule has 1 aromatic heterocycles. The Morgan fingerprint density at radius 1 is 1.07 bits per heavy atom. The monoisotopic (exact) mass is 391 g/mol. The fourth-order valence-electron chi connectivity index (χ4n) is 3.88. The predicted molar refractivity (Wildman–Crippen MR) is 106 cm³/mol. The lowest BCUT2D eigenvalue weighted by atomic mass is 9.86. The molecule has 1 aromatic carbocycles. The highest BCUT2D eigenvalue weighted by Crippen LogP contribution is 2.38. The molecule has 0 spiro atoms. The summed E-state index contributed by atoms with van der Waals surface area (Å²) in [6.45, 7) is 1.06. The van der Waals surface area contributed by atoms with Crippen molar-refractivity contribution < 1.29 is 17.9 Å². The molecule has 5 nitrogen and oxygen atoms in total. The molecule has 27 heavy (non-hydrogen) atoms. The van der Waals surface area contributed by atoms with Crippen molar-refractivity contribution in [3.8, 4) is 5.88 Å². The Labute approximate surface area is 162 Å². The average molecular weight is 392 g/mol. The van der Waals surface area contributed by atoms with Gasteiger partial charge >= 0.3 is 0 Å². The second-order valence-electron chi connectivity index (χ2n) is 7.40. The van der Waals surface area contributed by atoms with E-state index in [-0.39, 0.29) is 5.92 Å². The van der Waals surface area contributed by atoms with Crippen molar-refractivity contribution in [2.75, 3.05) is 26.6 Å². The highest BCUT2D eigenvalue weighted by molar-refractivity contribution is 7.90. The van der Waals surface area contributed by atoms with Gasteiger partial charge < -0.3 is 14.5 Å². The second-order valence-corrected chi connectivity index (χ2v) is 9.41. The van der Waals surface area contributed by atoms with Crippen molar-refractivity contribution in [3.05, 3.63) is 47.7 Å². The number of H-pyrrole nitrogens is 1. The molecule has 1 heterocycles. The second kappa shape index (κ2) is 8.93. The van der Waals surface area contributed by atoms with Gasteiger partial charge in [-0.05, 0) is 42.2 Å². The molecular formula is C21H29NO4S. The summed E-state index contributed by atoms with van der Waals surface area (Å²) in [5.74, 6) is 1.67. The van der Waals surface area contributed by atoms with Crippen LogP contribution in [-0.2, 0) is 14.6 Å². The maximum atomic E-state index is 11.8. The lowest BCUT2D eigenvalue weighted by Crippen LogP contribution is -2.09. The van der Waals surface area contributed by atoms with Crippen LogP contribution >= 0.6 is 0 Å². The molecule has 1 unspecified atom stereocenters. The largest absolute Gasteiger partial charge is 0.477 e. The molecule has 0 aliphatic heterocycles. The highest BCUT2D eigenvalue weighted by Gasteiger charge is 2.24. The zero-order valence-electron chi connectivity index (χ0n) is 16.1. The molecule has 1 aliphatic rings. The van der Waals surface area contributed by atoms with Crippen molar-refractivity contribution in [2.45, 2.75) is 42.9 Å². The zero-order valence-corrected chi connectivity index (χ0v) is 16.9. The number of aromatic amines is 1. The van der Waals surface area contributed by atoms with Gasteiger partial charge in [0, 0.05) is 25.0 Å². The molecule has 148 valence electrons. The van der Waals surface area contributed by atoms with Crippen molar-refractivity contribution in [1.82, 2.24) is 4.98 Å². The molecule has 0 bridgehead atoms. The van der Waals surface area contributed by atoms with E-state index in [0.29, 0.717) is 24.0 Å². The van der Waals surface area contributed by atoms with E-state index in [0.717, 1.165) is 23.6 Å². The minimum atomic E-state index is -3.18. The van der Waals surface area contributed by atoms with Gasteiger partial charge in [-0.15, -0.1) is 0 Å². The Morgan fingerprint density at radius 3 is 2.41 bits per heavy atom. The first kappa shape index (κ1) is 20.0.